The van der Waals surface area contributed by atoms with E-state index < -0.39 is 0 Å². The van der Waals surface area contributed by atoms with E-state index in [9.17, 15) is 4.39 Å². The molecule has 0 atom stereocenters. The number of fused-ring (bicyclic) bond motifs is 6. The van der Waals surface area contributed by atoms with Gasteiger partial charge in [-0.25, -0.2) is 34.3 Å². The fraction of sp³-hybridized carbons (Fsp3) is 0.158. The second kappa shape index (κ2) is 16.0. The zero-order valence-corrected chi connectivity index (χ0v) is 32.9. The minimum Gasteiger partial charge on any atom is -0.476 e. The third-order valence-corrected chi connectivity index (χ3v) is 11.0. The van der Waals surface area contributed by atoms with Crippen LogP contribution in [0.5, 0.6) is 0 Å². The highest BCUT2D eigenvalue weighted by Crippen LogP contribution is 2.38. The first kappa shape index (κ1) is 37.7. The molecule has 4 aromatic carbocycles. The second-order valence-electron chi connectivity index (χ2n) is 11.9. The number of nitrogens with zero attached hydrogens (tertiary/aromatic N) is 6. The first-order chi connectivity index (χ1) is 26.5. The van der Waals surface area contributed by atoms with Crippen LogP contribution in [0.1, 0.15) is 35.0 Å². The Morgan fingerprint density at radius 1 is 0.673 bits per heavy atom. The van der Waals surface area contributed by atoms with Gasteiger partial charge in [-0.15, -0.1) is 22.7 Å². The van der Waals surface area contributed by atoms with Gasteiger partial charge in [0, 0.05) is 0 Å². The van der Waals surface area contributed by atoms with E-state index in [1.165, 1.54) is 41.4 Å². The SMILES string of the molecule is CCOC(=N)c1nc2ccc3ncnc(Nc4cc(C)c(F)cc4Cl)c3c2s1.CCOC(=N)c1nc2ccc3ncnc(Nc4ccc(C)cc4Cl)c3c2s1. The van der Waals surface area contributed by atoms with Crippen LogP contribution in [0, 0.1) is 30.5 Å². The Balaban J connectivity index is 0.000000169. The largest absolute Gasteiger partial charge is 0.476 e. The lowest BCUT2D eigenvalue weighted by molar-refractivity contribution is 0.325. The summed E-state index contributed by atoms with van der Waals surface area (Å²) in [4.78, 5) is 26.5. The van der Waals surface area contributed by atoms with E-state index in [-0.39, 0.29) is 22.6 Å². The molecule has 0 saturated heterocycles. The van der Waals surface area contributed by atoms with Crippen molar-refractivity contribution in [1.82, 2.24) is 29.9 Å². The van der Waals surface area contributed by atoms with Crippen LogP contribution < -0.4 is 10.6 Å². The zero-order chi connectivity index (χ0) is 38.8. The van der Waals surface area contributed by atoms with Crippen molar-refractivity contribution in [2.24, 2.45) is 0 Å². The summed E-state index contributed by atoms with van der Waals surface area (Å²) in [6, 6.07) is 16.2. The van der Waals surface area contributed by atoms with Gasteiger partial charge >= 0.3 is 0 Å². The average molecular weight is 814 g/mol. The van der Waals surface area contributed by atoms with E-state index in [1.807, 2.05) is 63.2 Å². The first-order valence-electron chi connectivity index (χ1n) is 16.8. The molecular formula is C38H31Cl2FN10O2S2. The van der Waals surface area contributed by atoms with Crippen LogP contribution in [0.2, 0.25) is 10.0 Å². The number of halogens is 3. The monoisotopic (exact) mass is 812 g/mol. The summed E-state index contributed by atoms with van der Waals surface area (Å²) in [6.07, 6.45) is 2.97. The van der Waals surface area contributed by atoms with E-state index >= 15 is 0 Å². The second-order valence-corrected chi connectivity index (χ2v) is 14.7. The molecule has 4 N–H and O–H groups in total. The number of hydrogen-bond acceptors (Lipinski definition) is 14. The fourth-order valence-corrected chi connectivity index (χ4v) is 8.09. The van der Waals surface area contributed by atoms with Gasteiger partial charge in [0.05, 0.1) is 76.9 Å². The molecule has 0 saturated carbocycles. The van der Waals surface area contributed by atoms with Crippen molar-refractivity contribution < 1.29 is 13.9 Å². The molecule has 12 nitrogen and oxygen atoms in total. The van der Waals surface area contributed by atoms with Crippen molar-refractivity contribution in [3.8, 4) is 0 Å². The smallest absolute Gasteiger partial charge is 0.243 e. The molecule has 55 heavy (non-hydrogen) atoms. The lowest BCUT2D eigenvalue weighted by Gasteiger charge is -2.11. The first-order valence-corrected chi connectivity index (χ1v) is 19.2. The number of aryl methyl sites for hydroxylation is 2. The quantitative estimate of drug-likeness (QED) is 0.0856. The molecule has 0 fully saturated rings. The topological polar surface area (TPSA) is 168 Å². The Labute approximate surface area is 331 Å². The van der Waals surface area contributed by atoms with Crippen molar-refractivity contribution in [2.45, 2.75) is 27.7 Å². The van der Waals surface area contributed by atoms with Crippen molar-refractivity contribution in [3.05, 3.63) is 104 Å². The third-order valence-electron chi connectivity index (χ3n) is 8.16. The lowest BCUT2D eigenvalue weighted by atomic mass is 10.2. The summed E-state index contributed by atoms with van der Waals surface area (Å²) >= 11 is 15.3. The molecule has 0 spiro atoms. The maximum atomic E-state index is 13.7. The highest BCUT2D eigenvalue weighted by molar-refractivity contribution is 7.21. The fourth-order valence-electron chi connectivity index (χ4n) is 5.59. The number of benzene rings is 4. The van der Waals surface area contributed by atoms with Crippen LogP contribution in [0.25, 0.3) is 42.2 Å². The highest BCUT2D eigenvalue weighted by atomic mass is 35.5. The summed E-state index contributed by atoms with van der Waals surface area (Å²) in [6.45, 7) is 8.15. The average Bonchev–Trinajstić information content (AvgIpc) is 3.81. The number of ether oxygens (including phenoxy) is 2. The maximum Gasteiger partial charge on any atom is 0.243 e. The molecule has 4 aromatic heterocycles. The van der Waals surface area contributed by atoms with Gasteiger partial charge in [-0.05, 0) is 87.4 Å². The van der Waals surface area contributed by atoms with Crippen LogP contribution in [-0.4, -0.2) is 54.9 Å². The summed E-state index contributed by atoms with van der Waals surface area (Å²) in [5, 5.41) is 26.0. The number of thiazole rings is 2. The Bertz CT molecular complexity index is 2780. The van der Waals surface area contributed by atoms with Crippen LogP contribution in [0.3, 0.4) is 0 Å². The zero-order valence-electron chi connectivity index (χ0n) is 29.7. The predicted molar refractivity (Wildman–Crippen MR) is 221 cm³/mol. The molecule has 0 aliphatic carbocycles. The Kier molecular flexibility index (Phi) is 11.0. The van der Waals surface area contributed by atoms with Crippen molar-refractivity contribution >= 4 is 123 Å². The summed E-state index contributed by atoms with van der Waals surface area (Å²) in [7, 11) is 0. The van der Waals surface area contributed by atoms with Gasteiger partial charge in [0.1, 0.15) is 30.1 Å². The van der Waals surface area contributed by atoms with Gasteiger partial charge in [0.15, 0.2) is 10.0 Å². The van der Waals surface area contributed by atoms with Crippen LogP contribution >= 0.6 is 45.9 Å². The lowest BCUT2D eigenvalue weighted by Crippen LogP contribution is -2.03. The van der Waals surface area contributed by atoms with Gasteiger partial charge in [0.25, 0.3) is 0 Å². The minimum absolute atomic E-state index is 0.0282. The van der Waals surface area contributed by atoms with Crippen molar-refractivity contribution in [1.29, 1.82) is 10.8 Å². The van der Waals surface area contributed by atoms with E-state index in [0.717, 1.165) is 53.5 Å². The molecule has 4 heterocycles. The minimum atomic E-state index is -0.368. The Morgan fingerprint density at radius 3 is 1.67 bits per heavy atom. The van der Waals surface area contributed by atoms with E-state index in [2.05, 4.69) is 40.5 Å². The molecule has 8 rings (SSSR count). The van der Waals surface area contributed by atoms with Gasteiger partial charge in [-0.1, -0.05) is 29.3 Å². The van der Waals surface area contributed by atoms with E-state index in [1.54, 1.807) is 13.0 Å². The summed E-state index contributed by atoms with van der Waals surface area (Å²) < 4.78 is 26.0. The Morgan fingerprint density at radius 2 is 1.16 bits per heavy atom. The van der Waals surface area contributed by atoms with Crippen LogP contribution in [0.15, 0.2) is 67.3 Å². The molecule has 0 aliphatic heterocycles. The molecule has 0 bridgehead atoms. The van der Waals surface area contributed by atoms with Gasteiger partial charge in [-0.2, -0.15) is 0 Å². The Hall–Kier alpha value is -5.61. The standard InChI is InChI=1S/C19H15ClFN5OS.C19H16ClN5OS/c1-3-27-17(22)19-26-13-5-4-12-15(16(13)28-19)18(24-8-23-12)25-14-6-9(2)11(21)7-10(14)20;1-3-26-17(21)19-25-14-7-6-13-15(16(14)27-19)18(23-9-22-13)24-12-5-4-10(2)8-11(12)20/h4-8,22H,3H2,1-2H3,(H,23,24,25);4-9,21H,3H2,1-2H3,(H,22,23,24). The van der Waals surface area contributed by atoms with Crippen molar-refractivity contribution in [3.63, 3.8) is 0 Å². The maximum absolute atomic E-state index is 13.7. The van der Waals surface area contributed by atoms with E-state index in [0.29, 0.717) is 51.1 Å². The third kappa shape index (κ3) is 7.82. The summed E-state index contributed by atoms with van der Waals surface area (Å²) in [5.74, 6) is 0.906. The molecule has 278 valence electrons. The summed E-state index contributed by atoms with van der Waals surface area (Å²) in [5.41, 5.74) is 5.88. The number of nitrogens with one attached hydrogen (secondary N) is 4. The van der Waals surface area contributed by atoms with Gasteiger partial charge in [-0.3, -0.25) is 10.8 Å². The molecule has 0 amide bonds. The molecule has 0 aliphatic rings. The molecule has 17 heteroatoms. The van der Waals surface area contributed by atoms with Crippen LogP contribution in [-0.2, 0) is 9.47 Å². The van der Waals surface area contributed by atoms with Gasteiger partial charge in [0.2, 0.25) is 11.8 Å². The van der Waals surface area contributed by atoms with E-state index in [4.69, 9.17) is 43.5 Å². The molecular weight excluding hydrogens is 783 g/mol. The predicted octanol–water partition coefficient (Wildman–Crippen LogP) is 10.8. The number of anilines is 4. The van der Waals surface area contributed by atoms with Crippen LogP contribution in [0.4, 0.5) is 27.4 Å². The molecule has 0 unspecified atom stereocenters. The normalized spacial score (nSPS) is 11.1. The number of rotatable bonds is 8. The number of aromatic nitrogens is 6. The van der Waals surface area contributed by atoms with Gasteiger partial charge < -0.3 is 20.1 Å². The molecule has 0 radical (unpaired) electrons. The van der Waals surface area contributed by atoms with Crippen molar-refractivity contribution in [2.75, 3.05) is 23.8 Å². The number of hydrogen-bond donors (Lipinski definition) is 4. The molecule has 8 aromatic rings. The highest BCUT2D eigenvalue weighted by Gasteiger charge is 2.18.